The van der Waals surface area contributed by atoms with Crippen LogP contribution in [0.15, 0.2) is 0 Å². The molecule has 0 rings (SSSR count). The molecule has 0 radical (unpaired) electrons. The zero-order valence-corrected chi connectivity index (χ0v) is 10.1. The van der Waals surface area contributed by atoms with Gasteiger partial charge in [-0.3, -0.25) is 0 Å². The summed E-state index contributed by atoms with van der Waals surface area (Å²) in [5.41, 5.74) is 0. The standard InChI is InChI=1S/C11H25NS/c1-3-5-7-10-13-11-8-6-9-12-4-2/h12H,3-11H2,1-2H3. The molecule has 0 fully saturated rings. The molecule has 2 heteroatoms. The third-order valence-corrected chi connectivity index (χ3v) is 3.19. The van der Waals surface area contributed by atoms with Crippen molar-refractivity contribution < 1.29 is 0 Å². The molecule has 13 heavy (non-hydrogen) atoms. The van der Waals surface area contributed by atoms with Crippen LogP contribution in [0.25, 0.3) is 0 Å². The summed E-state index contributed by atoms with van der Waals surface area (Å²) in [6.45, 7) is 6.75. The van der Waals surface area contributed by atoms with Gasteiger partial charge in [0.15, 0.2) is 0 Å². The second-order valence-electron chi connectivity index (χ2n) is 3.38. The Kier molecular flexibility index (Phi) is 12.6. The van der Waals surface area contributed by atoms with Crippen molar-refractivity contribution in [2.24, 2.45) is 0 Å². The molecule has 0 atom stereocenters. The van der Waals surface area contributed by atoms with Gasteiger partial charge in [0.2, 0.25) is 0 Å². The highest BCUT2D eigenvalue weighted by atomic mass is 32.2. The first kappa shape index (κ1) is 13.3. The summed E-state index contributed by atoms with van der Waals surface area (Å²) in [5.74, 6) is 2.73. The molecular formula is C11H25NS. The van der Waals surface area contributed by atoms with Crippen molar-refractivity contribution in [2.45, 2.75) is 46.0 Å². The molecule has 80 valence electrons. The fourth-order valence-corrected chi connectivity index (χ4v) is 2.21. The zero-order chi connectivity index (χ0) is 9.78. The normalized spacial score (nSPS) is 10.6. The van der Waals surface area contributed by atoms with Gasteiger partial charge < -0.3 is 5.32 Å². The number of thioether (sulfide) groups is 1. The second kappa shape index (κ2) is 12.3. The quantitative estimate of drug-likeness (QED) is 0.547. The van der Waals surface area contributed by atoms with Crippen molar-refractivity contribution >= 4 is 11.8 Å². The molecule has 0 aliphatic carbocycles. The van der Waals surface area contributed by atoms with E-state index in [4.69, 9.17) is 0 Å². The third-order valence-electron chi connectivity index (χ3n) is 2.03. The first-order valence-corrected chi connectivity index (χ1v) is 6.85. The lowest BCUT2D eigenvalue weighted by atomic mass is 10.3. The van der Waals surface area contributed by atoms with E-state index in [1.54, 1.807) is 0 Å². The smallest absolute Gasteiger partial charge is 0.00487 e. The minimum Gasteiger partial charge on any atom is -0.317 e. The summed E-state index contributed by atoms with van der Waals surface area (Å²) in [7, 11) is 0. The molecule has 0 heterocycles. The van der Waals surface area contributed by atoms with Crippen LogP contribution in [0.1, 0.15) is 46.0 Å². The van der Waals surface area contributed by atoms with Crippen LogP contribution in [0.4, 0.5) is 0 Å². The van der Waals surface area contributed by atoms with Gasteiger partial charge >= 0.3 is 0 Å². The molecule has 0 unspecified atom stereocenters. The molecule has 0 saturated carbocycles. The topological polar surface area (TPSA) is 12.0 Å². The highest BCUT2D eigenvalue weighted by Gasteiger charge is 1.90. The van der Waals surface area contributed by atoms with Crippen molar-refractivity contribution in [3.8, 4) is 0 Å². The summed E-state index contributed by atoms with van der Waals surface area (Å²) < 4.78 is 0. The first-order chi connectivity index (χ1) is 6.41. The van der Waals surface area contributed by atoms with E-state index >= 15 is 0 Å². The average Bonchev–Trinajstić information content (AvgIpc) is 2.16. The van der Waals surface area contributed by atoms with E-state index in [1.165, 1.54) is 50.2 Å². The van der Waals surface area contributed by atoms with Crippen molar-refractivity contribution in [2.75, 3.05) is 24.6 Å². The first-order valence-electron chi connectivity index (χ1n) is 5.70. The van der Waals surface area contributed by atoms with Crippen LogP contribution in [-0.4, -0.2) is 24.6 Å². The Morgan fingerprint density at radius 1 is 0.923 bits per heavy atom. The summed E-state index contributed by atoms with van der Waals surface area (Å²) >= 11 is 2.12. The number of hydrogen-bond acceptors (Lipinski definition) is 2. The van der Waals surface area contributed by atoms with Gasteiger partial charge in [0.25, 0.3) is 0 Å². The Bertz CT molecular complexity index is 76.2. The van der Waals surface area contributed by atoms with Crippen LogP contribution < -0.4 is 5.32 Å². The van der Waals surface area contributed by atoms with E-state index in [9.17, 15) is 0 Å². The fourth-order valence-electron chi connectivity index (χ4n) is 1.19. The second-order valence-corrected chi connectivity index (χ2v) is 4.60. The van der Waals surface area contributed by atoms with Crippen molar-refractivity contribution in [1.29, 1.82) is 0 Å². The molecule has 0 aliphatic heterocycles. The van der Waals surface area contributed by atoms with E-state index in [1.807, 2.05) is 0 Å². The predicted octanol–water partition coefficient (Wildman–Crippen LogP) is 3.30. The van der Waals surface area contributed by atoms with Gasteiger partial charge in [-0.2, -0.15) is 11.8 Å². The van der Waals surface area contributed by atoms with Crippen LogP contribution in [0.3, 0.4) is 0 Å². The summed E-state index contributed by atoms with van der Waals surface area (Å²) in [5, 5.41) is 3.35. The lowest BCUT2D eigenvalue weighted by Gasteiger charge is -2.02. The largest absolute Gasteiger partial charge is 0.317 e. The Labute approximate surface area is 88.1 Å². The van der Waals surface area contributed by atoms with Crippen LogP contribution in [-0.2, 0) is 0 Å². The number of nitrogens with one attached hydrogen (secondary N) is 1. The molecule has 0 aromatic rings. The molecule has 0 aliphatic rings. The molecule has 0 amide bonds. The summed E-state index contributed by atoms with van der Waals surface area (Å²) in [6.07, 6.45) is 6.89. The Morgan fingerprint density at radius 2 is 1.62 bits per heavy atom. The van der Waals surface area contributed by atoms with E-state index in [-0.39, 0.29) is 0 Å². The highest BCUT2D eigenvalue weighted by Crippen LogP contribution is 2.08. The van der Waals surface area contributed by atoms with Crippen molar-refractivity contribution in [1.82, 2.24) is 5.32 Å². The van der Waals surface area contributed by atoms with Crippen LogP contribution >= 0.6 is 11.8 Å². The van der Waals surface area contributed by atoms with Gasteiger partial charge in [-0.1, -0.05) is 26.7 Å². The van der Waals surface area contributed by atoms with Gasteiger partial charge in [-0.05, 0) is 43.9 Å². The van der Waals surface area contributed by atoms with Gasteiger partial charge in [-0.25, -0.2) is 0 Å². The maximum atomic E-state index is 3.35. The lowest BCUT2D eigenvalue weighted by molar-refractivity contribution is 0.666. The molecule has 1 N–H and O–H groups in total. The fraction of sp³-hybridized carbons (Fsp3) is 1.00. The van der Waals surface area contributed by atoms with Gasteiger partial charge in [0.05, 0.1) is 0 Å². The van der Waals surface area contributed by atoms with Gasteiger partial charge in [0, 0.05) is 0 Å². The maximum absolute atomic E-state index is 3.35. The van der Waals surface area contributed by atoms with Crippen molar-refractivity contribution in [3.05, 3.63) is 0 Å². The Morgan fingerprint density at radius 3 is 2.23 bits per heavy atom. The average molecular weight is 203 g/mol. The summed E-state index contributed by atoms with van der Waals surface area (Å²) in [4.78, 5) is 0. The monoisotopic (exact) mass is 203 g/mol. The number of unbranched alkanes of at least 4 members (excludes halogenated alkanes) is 3. The minimum atomic E-state index is 1.11. The Balaban J connectivity index is 2.76. The molecule has 0 bridgehead atoms. The Hall–Kier alpha value is 0.310. The van der Waals surface area contributed by atoms with Crippen LogP contribution in [0, 0.1) is 0 Å². The van der Waals surface area contributed by atoms with Crippen molar-refractivity contribution in [3.63, 3.8) is 0 Å². The van der Waals surface area contributed by atoms with Crippen LogP contribution in [0.2, 0.25) is 0 Å². The van der Waals surface area contributed by atoms with Gasteiger partial charge in [0.1, 0.15) is 0 Å². The molecule has 0 saturated heterocycles. The molecule has 0 spiro atoms. The number of rotatable bonds is 10. The van der Waals surface area contributed by atoms with Crippen LogP contribution in [0.5, 0.6) is 0 Å². The summed E-state index contributed by atoms with van der Waals surface area (Å²) in [6, 6.07) is 0. The zero-order valence-electron chi connectivity index (χ0n) is 9.27. The number of hydrogen-bond donors (Lipinski definition) is 1. The molecular weight excluding hydrogens is 178 g/mol. The van der Waals surface area contributed by atoms with Gasteiger partial charge in [-0.15, -0.1) is 0 Å². The maximum Gasteiger partial charge on any atom is -0.00487 e. The highest BCUT2D eigenvalue weighted by molar-refractivity contribution is 7.99. The molecule has 0 aromatic carbocycles. The predicted molar refractivity (Wildman–Crippen MR) is 64.6 cm³/mol. The third kappa shape index (κ3) is 12.3. The van der Waals surface area contributed by atoms with E-state index in [0.29, 0.717) is 0 Å². The van der Waals surface area contributed by atoms with E-state index in [2.05, 4.69) is 30.9 Å². The minimum absolute atomic E-state index is 1.11. The van der Waals surface area contributed by atoms with E-state index < -0.39 is 0 Å². The lowest BCUT2D eigenvalue weighted by Crippen LogP contribution is -2.13. The van der Waals surface area contributed by atoms with E-state index in [0.717, 1.165) is 6.54 Å². The molecule has 1 nitrogen and oxygen atoms in total. The molecule has 0 aromatic heterocycles. The SMILES string of the molecule is CCCCCSCCCCNCC.